The molecule has 100 valence electrons. The molecule has 0 aliphatic carbocycles. The first kappa shape index (κ1) is 15.8. The Bertz CT molecular complexity index is 423. The smallest absolute Gasteiger partial charge is 0.251 e. The molecule has 0 aliphatic heterocycles. The molecule has 0 bridgehead atoms. The van der Waals surface area contributed by atoms with Gasteiger partial charge in [0.05, 0.1) is 10.0 Å². The third-order valence-corrected chi connectivity index (χ3v) is 3.92. The number of hydrogen-bond acceptors (Lipinski definition) is 1. The van der Waals surface area contributed by atoms with E-state index >= 15 is 0 Å². The van der Waals surface area contributed by atoms with E-state index in [1.165, 1.54) is 0 Å². The maximum Gasteiger partial charge on any atom is 0.251 e. The average molecular weight is 353 g/mol. The van der Waals surface area contributed by atoms with Crippen LogP contribution in [0.1, 0.15) is 30.6 Å². The number of alkyl halides is 1. The van der Waals surface area contributed by atoms with E-state index in [-0.39, 0.29) is 11.9 Å². The largest absolute Gasteiger partial charge is 0.349 e. The van der Waals surface area contributed by atoms with Crippen LogP contribution in [-0.4, -0.2) is 17.3 Å². The first-order chi connectivity index (χ1) is 8.45. The van der Waals surface area contributed by atoms with Crippen LogP contribution in [0.15, 0.2) is 18.2 Å². The van der Waals surface area contributed by atoms with Crippen molar-refractivity contribution in [3.8, 4) is 0 Å². The van der Waals surface area contributed by atoms with Gasteiger partial charge in [0.25, 0.3) is 5.91 Å². The van der Waals surface area contributed by atoms with Crippen LogP contribution in [0.25, 0.3) is 0 Å². The van der Waals surface area contributed by atoms with E-state index in [1.807, 2.05) is 0 Å². The number of benzene rings is 1. The van der Waals surface area contributed by atoms with Crippen LogP contribution in [0.2, 0.25) is 10.0 Å². The summed E-state index contributed by atoms with van der Waals surface area (Å²) in [6.07, 6.45) is 0.894. The van der Waals surface area contributed by atoms with E-state index in [0.29, 0.717) is 21.5 Å². The highest BCUT2D eigenvalue weighted by Crippen LogP contribution is 2.22. The topological polar surface area (TPSA) is 29.1 Å². The van der Waals surface area contributed by atoms with Gasteiger partial charge in [-0.1, -0.05) is 53.0 Å². The second-order valence-electron chi connectivity index (χ2n) is 4.43. The average Bonchev–Trinajstić information content (AvgIpc) is 2.31. The van der Waals surface area contributed by atoms with Crippen molar-refractivity contribution in [2.24, 2.45) is 5.92 Å². The minimum atomic E-state index is -0.117. The van der Waals surface area contributed by atoms with E-state index < -0.39 is 0 Å². The van der Waals surface area contributed by atoms with E-state index in [0.717, 1.165) is 11.8 Å². The number of amides is 1. The van der Waals surface area contributed by atoms with Gasteiger partial charge in [0.15, 0.2) is 0 Å². The molecule has 0 spiro atoms. The normalized spacial score (nSPS) is 12.6. The molecule has 0 radical (unpaired) electrons. The zero-order valence-electron chi connectivity index (χ0n) is 10.3. The lowest BCUT2D eigenvalue weighted by atomic mass is 10.0. The minimum absolute atomic E-state index is 0.117. The summed E-state index contributed by atoms with van der Waals surface area (Å²) in [7, 11) is 0. The molecule has 0 heterocycles. The second-order valence-corrected chi connectivity index (χ2v) is 6.04. The quantitative estimate of drug-likeness (QED) is 0.775. The van der Waals surface area contributed by atoms with Crippen LogP contribution >= 0.6 is 39.1 Å². The van der Waals surface area contributed by atoms with Gasteiger partial charge in [-0.2, -0.15) is 0 Å². The number of rotatable bonds is 5. The zero-order chi connectivity index (χ0) is 13.7. The summed E-state index contributed by atoms with van der Waals surface area (Å²) in [5, 5.41) is 4.72. The molecule has 1 N–H and O–H groups in total. The molecule has 1 aromatic carbocycles. The highest BCUT2D eigenvalue weighted by Gasteiger charge is 2.17. The van der Waals surface area contributed by atoms with Crippen LogP contribution in [0, 0.1) is 5.92 Å². The molecule has 0 aromatic heterocycles. The van der Waals surface area contributed by atoms with E-state index in [2.05, 4.69) is 35.1 Å². The van der Waals surface area contributed by atoms with Crippen molar-refractivity contribution in [3.63, 3.8) is 0 Å². The summed E-state index contributed by atoms with van der Waals surface area (Å²) in [5.74, 6) is 0.266. The van der Waals surface area contributed by atoms with Gasteiger partial charge < -0.3 is 5.32 Å². The van der Waals surface area contributed by atoms with Crippen LogP contribution in [0.5, 0.6) is 0 Å². The van der Waals surface area contributed by atoms with Crippen molar-refractivity contribution in [2.45, 2.75) is 26.3 Å². The van der Waals surface area contributed by atoms with Crippen molar-refractivity contribution in [1.29, 1.82) is 0 Å². The van der Waals surface area contributed by atoms with Crippen molar-refractivity contribution in [2.75, 3.05) is 5.33 Å². The predicted octanol–water partition coefficient (Wildman–Crippen LogP) is 4.53. The Morgan fingerprint density at radius 3 is 2.50 bits per heavy atom. The van der Waals surface area contributed by atoms with Gasteiger partial charge in [-0.25, -0.2) is 0 Å². The summed E-state index contributed by atoms with van der Waals surface area (Å²) in [6, 6.07) is 5.04. The van der Waals surface area contributed by atoms with Crippen LogP contribution < -0.4 is 5.32 Å². The van der Waals surface area contributed by atoms with Crippen molar-refractivity contribution >= 4 is 45.0 Å². The maximum atomic E-state index is 12.1. The minimum Gasteiger partial charge on any atom is -0.349 e. The Morgan fingerprint density at radius 1 is 1.33 bits per heavy atom. The van der Waals surface area contributed by atoms with Crippen LogP contribution in [0.4, 0.5) is 0 Å². The summed E-state index contributed by atoms with van der Waals surface area (Å²) in [6.45, 7) is 4.17. The van der Waals surface area contributed by atoms with Gasteiger partial charge in [0.2, 0.25) is 0 Å². The number of carbonyl (C=O) groups is 1. The molecule has 0 saturated carbocycles. The summed E-state index contributed by atoms with van der Waals surface area (Å²) in [5.41, 5.74) is 0.532. The molecule has 2 nitrogen and oxygen atoms in total. The molecule has 1 atom stereocenters. The molecular weight excluding hydrogens is 337 g/mol. The van der Waals surface area contributed by atoms with Gasteiger partial charge in [0.1, 0.15) is 0 Å². The van der Waals surface area contributed by atoms with Crippen molar-refractivity contribution in [1.82, 2.24) is 5.32 Å². The summed E-state index contributed by atoms with van der Waals surface area (Å²) < 4.78 is 0. The molecule has 18 heavy (non-hydrogen) atoms. The van der Waals surface area contributed by atoms with Gasteiger partial charge >= 0.3 is 0 Å². The SMILES string of the molecule is CC(C)C(CCBr)NC(=O)c1ccc(Cl)c(Cl)c1. The zero-order valence-corrected chi connectivity index (χ0v) is 13.4. The highest BCUT2D eigenvalue weighted by molar-refractivity contribution is 9.09. The Labute approximate surface area is 126 Å². The Balaban J connectivity index is 2.77. The molecule has 5 heteroatoms. The maximum absolute atomic E-state index is 12.1. The van der Waals surface area contributed by atoms with E-state index in [4.69, 9.17) is 23.2 Å². The third-order valence-electron chi connectivity index (χ3n) is 2.72. The molecule has 0 aliphatic rings. The number of carbonyl (C=O) groups excluding carboxylic acids is 1. The van der Waals surface area contributed by atoms with E-state index in [9.17, 15) is 4.79 Å². The van der Waals surface area contributed by atoms with Gasteiger partial charge in [-0.05, 0) is 30.5 Å². The Kier molecular flexibility index (Phi) is 6.47. The Morgan fingerprint density at radius 2 is 2.00 bits per heavy atom. The predicted molar refractivity (Wildman–Crippen MR) is 81.0 cm³/mol. The first-order valence-electron chi connectivity index (χ1n) is 5.77. The lowest BCUT2D eigenvalue weighted by molar-refractivity contribution is 0.0925. The lowest BCUT2D eigenvalue weighted by Crippen LogP contribution is -2.38. The Hall–Kier alpha value is -0.250. The summed E-state index contributed by atoms with van der Waals surface area (Å²) in [4.78, 5) is 12.1. The fraction of sp³-hybridized carbons (Fsp3) is 0.462. The van der Waals surface area contributed by atoms with Gasteiger partial charge in [0, 0.05) is 16.9 Å². The molecular formula is C13H16BrCl2NO. The second kappa shape index (κ2) is 7.37. The third kappa shape index (κ3) is 4.45. The molecule has 0 fully saturated rings. The molecule has 1 rings (SSSR count). The number of nitrogens with one attached hydrogen (secondary N) is 1. The number of hydrogen-bond donors (Lipinski definition) is 1. The van der Waals surface area contributed by atoms with Gasteiger partial charge in [-0.3, -0.25) is 4.79 Å². The lowest BCUT2D eigenvalue weighted by Gasteiger charge is -2.21. The van der Waals surface area contributed by atoms with E-state index in [1.54, 1.807) is 18.2 Å². The molecule has 1 aromatic rings. The van der Waals surface area contributed by atoms with Crippen molar-refractivity contribution in [3.05, 3.63) is 33.8 Å². The first-order valence-corrected chi connectivity index (χ1v) is 7.65. The molecule has 1 amide bonds. The van der Waals surface area contributed by atoms with Gasteiger partial charge in [-0.15, -0.1) is 0 Å². The highest BCUT2D eigenvalue weighted by atomic mass is 79.9. The standard InChI is InChI=1S/C13H16BrCl2NO/c1-8(2)12(5-6-14)17-13(18)9-3-4-10(15)11(16)7-9/h3-4,7-8,12H,5-6H2,1-2H3,(H,17,18). The molecule has 0 saturated heterocycles. The monoisotopic (exact) mass is 351 g/mol. The fourth-order valence-electron chi connectivity index (χ4n) is 1.58. The van der Waals surface area contributed by atoms with Crippen molar-refractivity contribution < 1.29 is 4.79 Å². The summed E-state index contributed by atoms with van der Waals surface area (Å²) >= 11 is 15.1. The number of halogens is 3. The molecule has 1 unspecified atom stereocenters. The van der Waals surface area contributed by atoms with Crippen LogP contribution in [0.3, 0.4) is 0 Å². The fourth-order valence-corrected chi connectivity index (χ4v) is 2.37. The van der Waals surface area contributed by atoms with Crippen LogP contribution in [-0.2, 0) is 0 Å².